The van der Waals surface area contributed by atoms with Crippen molar-refractivity contribution in [2.45, 2.75) is 18.6 Å². The van der Waals surface area contributed by atoms with Gasteiger partial charge in [0, 0.05) is 12.3 Å². The van der Waals surface area contributed by atoms with E-state index in [9.17, 15) is 14.4 Å². The van der Waals surface area contributed by atoms with Crippen LogP contribution in [0.15, 0.2) is 46.7 Å². The van der Waals surface area contributed by atoms with Crippen LogP contribution in [-0.2, 0) is 14.3 Å². The van der Waals surface area contributed by atoms with Crippen molar-refractivity contribution in [2.24, 2.45) is 10.2 Å². The molecule has 1 atom stereocenters. The van der Waals surface area contributed by atoms with Crippen molar-refractivity contribution in [3.05, 3.63) is 52.7 Å². The molecule has 32 heavy (non-hydrogen) atoms. The lowest BCUT2D eigenvalue weighted by atomic mass is 10.2. The minimum absolute atomic E-state index is 0.176. The number of ether oxygens (including phenoxy) is 2. The van der Waals surface area contributed by atoms with Crippen molar-refractivity contribution in [3.63, 3.8) is 0 Å². The number of halogens is 1. The minimum atomic E-state index is -1.07. The fourth-order valence-corrected chi connectivity index (χ4v) is 3.64. The molecule has 0 spiro atoms. The third-order valence-corrected chi connectivity index (χ3v) is 5.28. The lowest BCUT2D eigenvalue weighted by molar-refractivity contribution is -0.138. The molecule has 0 saturated carbocycles. The number of carboxylic acids is 1. The molecule has 0 radical (unpaired) electrons. The van der Waals surface area contributed by atoms with Gasteiger partial charge in [-0.1, -0.05) is 23.4 Å². The molecule has 0 bridgehead atoms. The summed E-state index contributed by atoms with van der Waals surface area (Å²) in [6.07, 6.45) is 2.55. The van der Waals surface area contributed by atoms with Crippen molar-refractivity contribution < 1.29 is 29.0 Å². The molecule has 1 unspecified atom stereocenters. The van der Waals surface area contributed by atoms with E-state index in [1.165, 1.54) is 24.5 Å². The van der Waals surface area contributed by atoms with E-state index in [0.717, 1.165) is 11.8 Å². The molecule has 10 nitrogen and oxygen atoms in total. The summed E-state index contributed by atoms with van der Waals surface area (Å²) in [5.74, 6) is -1.47. The summed E-state index contributed by atoms with van der Waals surface area (Å²) in [6.45, 7) is 1.97. The quantitative estimate of drug-likeness (QED) is 0.336. The van der Waals surface area contributed by atoms with Crippen molar-refractivity contribution in [2.75, 3.05) is 6.61 Å². The van der Waals surface area contributed by atoms with Crippen molar-refractivity contribution >= 4 is 52.6 Å². The number of thioether (sulfide) groups is 1. The smallest absolute Gasteiger partial charge is 0.338 e. The molecule has 0 aliphatic carbocycles. The van der Waals surface area contributed by atoms with E-state index in [1.54, 1.807) is 25.1 Å². The van der Waals surface area contributed by atoms with Gasteiger partial charge >= 0.3 is 11.9 Å². The Hall–Kier alpha value is -3.44. The van der Waals surface area contributed by atoms with Crippen molar-refractivity contribution in [1.29, 1.82) is 0 Å². The molecule has 1 aliphatic heterocycles. The maximum Gasteiger partial charge on any atom is 0.338 e. The first-order valence-electron chi connectivity index (χ1n) is 9.26. The third-order valence-electron chi connectivity index (χ3n) is 3.91. The normalized spacial score (nSPS) is 16.9. The topological polar surface area (TPSA) is 140 Å². The Morgan fingerprint density at radius 2 is 2.16 bits per heavy atom. The number of aliphatic carboxylic acids is 1. The van der Waals surface area contributed by atoms with E-state index in [1.807, 2.05) is 0 Å². The van der Waals surface area contributed by atoms with Crippen molar-refractivity contribution in [3.8, 4) is 11.6 Å². The van der Waals surface area contributed by atoms with Gasteiger partial charge in [0.25, 0.3) is 0 Å². The Kier molecular flexibility index (Phi) is 7.79. The van der Waals surface area contributed by atoms with Crippen LogP contribution in [0.5, 0.6) is 11.6 Å². The number of carbonyl (C=O) groups is 3. The summed E-state index contributed by atoms with van der Waals surface area (Å²) >= 11 is 7.27. The summed E-state index contributed by atoms with van der Waals surface area (Å²) in [7, 11) is 0. The summed E-state index contributed by atoms with van der Waals surface area (Å²) in [4.78, 5) is 38.3. The zero-order valence-electron chi connectivity index (χ0n) is 16.6. The fraction of sp³-hybridized carbons (Fsp3) is 0.200. The molecular weight excluding hydrogens is 460 g/mol. The van der Waals surface area contributed by atoms with Gasteiger partial charge in [-0.25, -0.2) is 9.78 Å². The van der Waals surface area contributed by atoms with Gasteiger partial charge in [0.05, 0.1) is 29.8 Å². The van der Waals surface area contributed by atoms with E-state index >= 15 is 0 Å². The van der Waals surface area contributed by atoms with Gasteiger partial charge in [-0.2, -0.15) is 5.10 Å². The highest BCUT2D eigenvalue weighted by atomic mass is 35.5. The fourth-order valence-electron chi connectivity index (χ4n) is 2.49. The van der Waals surface area contributed by atoms with Crippen molar-refractivity contribution in [1.82, 2.24) is 10.3 Å². The molecule has 3 rings (SSSR count). The average molecular weight is 477 g/mol. The van der Waals surface area contributed by atoms with E-state index < -0.39 is 23.1 Å². The Morgan fingerprint density at radius 3 is 2.88 bits per heavy atom. The average Bonchev–Trinajstić information content (AvgIpc) is 3.09. The van der Waals surface area contributed by atoms with Gasteiger partial charge in [0.2, 0.25) is 11.8 Å². The minimum Gasteiger partial charge on any atom is -0.481 e. The highest BCUT2D eigenvalue weighted by Crippen LogP contribution is 2.29. The predicted octanol–water partition coefficient (Wildman–Crippen LogP) is 3.10. The van der Waals surface area contributed by atoms with Crippen LogP contribution in [0.4, 0.5) is 0 Å². The molecule has 1 aromatic carbocycles. The lowest BCUT2D eigenvalue weighted by Crippen LogP contribution is -2.26. The van der Waals surface area contributed by atoms with E-state index in [4.69, 9.17) is 26.2 Å². The predicted molar refractivity (Wildman–Crippen MR) is 119 cm³/mol. The van der Waals surface area contributed by atoms with Gasteiger partial charge in [-0.15, -0.1) is 5.10 Å². The van der Waals surface area contributed by atoms with Gasteiger partial charge in [-0.3, -0.25) is 9.59 Å². The summed E-state index contributed by atoms with van der Waals surface area (Å²) < 4.78 is 10.6. The van der Waals surface area contributed by atoms with E-state index in [-0.39, 0.29) is 29.1 Å². The molecule has 1 amide bonds. The van der Waals surface area contributed by atoms with Crippen LogP contribution < -0.4 is 10.1 Å². The third kappa shape index (κ3) is 6.28. The monoisotopic (exact) mass is 476 g/mol. The van der Waals surface area contributed by atoms with Crippen LogP contribution in [0.3, 0.4) is 0 Å². The van der Waals surface area contributed by atoms with Crippen LogP contribution in [0.25, 0.3) is 0 Å². The zero-order chi connectivity index (χ0) is 23.1. The molecule has 1 aromatic heterocycles. The molecule has 2 heterocycles. The number of amides is 1. The molecule has 166 valence electrons. The molecule has 1 aliphatic rings. The van der Waals surface area contributed by atoms with Gasteiger partial charge in [0.1, 0.15) is 11.0 Å². The van der Waals surface area contributed by atoms with Crippen LogP contribution in [0.2, 0.25) is 5.02 Å². The largest absolute Gasteiger partial charge is 0.481 e. The molecule has 2 aromatic rings. The number of carbonyl (C=O) groups excluding carboxylic acids is 2. The summed E-state index contributed by atoms with van der Waals surface area (Å²) in [5.41, 5.74) is 0.912. The number of nitrogens with zero attached hydrogens (tertiary/aromatic N) is 3. The molecule has 12 heteroatoms. The van der Waals surface area contributed by atoms with Gasteiger partial charge in [0.15, 0.2) is 5.17 Å². The Labute approximate surface area is 191 Å². The number of nitrogens with one attached hydrogen (secondary N) is 1. The second-order valence-corrected chi connectivity index (χ2v) is 7.84. The first-order chi connectivity index (χ1) is 15.4. The van der Waals surface area contributed by atoms with Crippen LogP contribution in [-0.4, -0.2) is 51.2 Å². The maximum absolute atomic E-state index is 11.8. The van der Waals surface area contributed by atoms with Gasteiger partial charge in [-0.05, 0) is 36.8 Å². The summed E-state index contributed by atoms with van der Waals surface area (Å²) in [5, 5.41) is 18.8. The van der Waals surface area contributed by atoms with E-state index in [2.05, 4.69) is 20.5 Å². The number of hydrogen-bond donors (Lipinski definition) is 2. The second-order valence-electron chi connectivity index (χ2n) is 6.24. The molecule has 1 saturated heterocycles. The van der Waals surface area contributed by atoms with E-state index in [0.29, 0.717) is 16.9 Å². The van der Waals surface area contributed by atoms with Crippen LogP contribution in [0.1, 0.15) is 29.3 Å². The Bertz CT molecular complexity index is 1110. The zero-order valence-corrected chi connectivity index (χ0v) is 18.2. The summed E-state index contributed by atoms with van der Waals surface area (Å²) in [6, 6.07) is 7.83. The second kappa shape index (κ2) is 10.7. The Morgan fingerprint density at radius 1 is 1.34 bits per heavy atom. The number of aromatic nitrogens is 1. The molecule has 2 N–H and O–H groups in total. The van der Waals surface area contributed by atoms with Gasteiger partial charge < -0.3 is 19.9 Å². The maximum atomic E-state index is 11.8. The number of pyridine rings is 1. The number of amidine groups is 1. The first-order valence-corrected chi connectivity index (χ1v) is 10.5. The number of carboxylic acid groups (broad SMARTS) is 1. The number of esters is 1. The number of benzene rings is 1. The highest BCUT2D eigenvalue weighted by molar-refractivity contribution is 8.15. The number of hydrogen-bond acceptors (Lipinski definition) is 9. The lowest BCUT2D eigenvalue weighted by Gasteiger charge is -2.08. The van der Waals surface area contributed by atoms with Crippen LogP contribution in [0, 0.1) is 0 Å². The standard InChI is InChI=1S/C20H17ClN4O6S/c1-2-30-19(29)12-5-6-22-16(8-12)31-14-4-3-11(7-13(14)21)10-23-25-20-24-18(28)15(32-20)9-17(26)27/h3-8,10,15H,2,9H2,1H3,(H,26,27)(H,24,25,28). The number of rotatable bonds is 8. The Balaban J connectivity index is 1.64. The first kappa shape index (κ1) is 23.2. The van der Waals surface area contributed by atoms with Crippen LogP contribution >= 0.6 is 23.4 Å². The molecular formula is C20H17ClN4O6S. The highest BCUT2D eigenvalue weighted by Gasteiger charge is 2.32. The molecule has 1 fully saturated rings. The SMILES string of the molecule is CCOC(=O)c1ccnc(Oc2ccc(C=NN=C3NC(=O)C(CC(=O)O)S3)cc2Cl)c1.